The number of nitro groups is 1. The Morgan fingerprint density at radius 2 is 2.08 bits per heavy atom. The van der Waals surface area contributed by atoms with Crippen molar-refractivity contribution in [2.75, 3.05) is 37.3 Å². The smallest absolute Gasteiger partial charge is 0.311 e. The van der Waals surface area contributed by atoms with Crippen molar-refractivity contribution in [3.8, 4) is 0 Å². The summed E-state index contributed by atoms with van der Waals surface area (Å²) < 4.78 is 23.9. The Kier molecular flexibility index (Phi) is 6.02. The molecule has 0 saturated carbocycles. The van der Waals surface area contributed by atoms with Crippen molar-refractivity contribution in [1.29, 1.82) is 0 Å². The lowest BCUT2D eigenvalue weighted by atomic mass is 10.1. The summed E-state index contributed by atoms with van der Waals surface area (Å²) in [5.74, 6) is 0. The summed E-state index contributed by atoms with van der Waals surface area (Å²) >= 11 is 0. The van der Waals surface area contributed by atoms with Crippen LogP contribution in [0, 0.1) is 10.1 Å². The fraction of sp³-hybridized carbons (Fsp3) is 0.625. The van der Waals surface area contributed by atoms with Gasteiger partial charge < -0.3 is 10.0 Å². The summed E-state index contributed by atoms with van der Waals surface area (Å²) in [7, 11) is -3.70. The van der Waals surface area contributed by atoms with Gasteiger partial charge in [-0.2, -0.15) is 0 Å². The molecule has 1 aromatic rings. The van der Waals surface area contributed by atoms with Crippen molar-refractivity contribution < 1.29 is 18.4 Å². The lowest BCUT2D eigenvalue weighted by molar-refractivity contribution is -0.387. The van der Waals surface area contributed by atoms with Gasteiger partial charge in [-0.3, -0.25) is 15.0 Å². The van der Waals surface area contributed by atoms with Crippen LogP contribution in [-0.2, 0) is 9.84 Å². The standard InChI is InChI=1S/C16H25N3O5S/c1-4-13-11-18(9-8-17(13)10-12(2)20)14-6-5-7-15(25(3,23)24)16(14)19(21)22/h5-7,12-13,20H,4,8-11H2,1-3H3. The largest absolute Gasteiger partial charge is 0.392 e. The second kappa shape index (κ2) is 7.67. The van der Waals surface area contributed by atoms with Crippen molar-refractivity contribution in [2.24, 2.45) is 0 Å². The number of nitrogens with zero attached hydrogens (tertiary/aromatic N) is 3. The van der Waals surface area contributed by atoms with Gasteiger partial charge in [-0.1, -0.05) is 13.0 Å². The van der Waals surface area contributed by atoms with Gasteiger partial charge in [0.25, 0.3) is 0 Å². The van der Waals surface area contributed by atoms with E-state index in [0.29, 0.717) is 31.9 Å². The van der Waals surface area contributed by atoms with E-state index in [1.165, 1.54) is 6.07 Å². The van der Waals surface area contributed by atoms with Gasteiger partial charge in [0.2, 0.25) is 0 Å². The van der Waals surface area contributed by atoms with Gasteiger partial charge in [0.1, 0.15) is 10.6 Å². The number of anilines is 1. The zero-order valence-corrected chi connectivity index (χ0v) is 15.6. The van der Waals surface area contributed by atoms with Gasteiger partial charge in [0, 0.05) is 38.5 Å². The van der Waals surface area contributed by atoms with Crippen molar-refractivity contribution in [3.63, 3.8) is 0 Å². The molecule has 8 nitrogen and oxygen atoms in total. The van der Waals surface area contributed by atoms with Crippen LogP contribution in [0.5, 0.6) is 0 Å². The summed E-state index contributed by atoms with van der Waals surface area (Å²) in [6, 6.07) is 4.56. The lowest BCUT2D eigenvalue weighted by Crippen LogP contribution is -2.54. The van der Waals surface area contributed by atoms with Gasteiger partial charge in [-0.15, -0.1) is 0 Å². The predicted molar refractivity (Wildman–Crippen MR) is 95.8 cm³/mol. The molecule has 2 unspecified atom stereocenters. The first-order valence-corrected chi connectivity index (χ1v) is 10.2. The molecule has 140 valence electrons. The maximum Gasteiger partial charge on any atom is 0.311 e. The van der Waals surface area contributed by atoms with Crippen LogP contribution in [0.1, 0.15) is 20.3 Å². The minimum atomic E-state index is -3.70. The van der Waals surface area contributed by atoms with Gasteiger partial charge in [-0.25, -0.2) is 8.42 Å². The Labute approximate surface area is 148 Å². The highest BCUT2D eigenvalue weighted by Gasteiger charge is 2.33. The van der Waals surface area contributed by atoms with E-state index in [4.69, 9.17) is 0 Å². The van der Waals surface area contributed by atoms with E-state index in [2.05, 4.69) is 4.90 Å². The maximum atomic E-state index is 11.9. The van der Waals surface area contributed by atoms with Gasteiger partial charge in [0.15, 0.2) is 9.84 Å². The Morgan fingerprint density at radius 1 is 1.40 bits per heavy atom. The molecular formula is C16H25N3O5S. The first-order chi connectivity index (χ1) is 11.6. The number of aliphatic hydroxyl groups excluding tert-OH is 1. The van der Waals surface area contributed by atoms with Crippen molar-refractivity contribution >= 4 is 21.2 Å². The topological polar surface area (TPSA) is 104 Å². The average Bonchev–Trinajstić information content (AvgIpc) is 2.53. The number of para-hydroxylation sites is 1. The minimum absolute atomic E-state index is 0.143. The SMILES string of the molecule is CCC1CN(c2cccc(S(C)(=O)=O)c2[N+](=O)[O-])CCN1CC(C)O. The first kappa shape index (κ1) is 19.6. The Morgan fingerprint density at radius 3 is 2.60 bits per heavy atom. The van der Waals surface area contributed by atoms with Crippen LogP contribution in [0.25, 0.3) is 0 Å². The number of rotatable bonds is 6. The molecule has 1 heterocycles. The molecule has 0 aromatic heterocycles. The monoisotopic (exact) mass is 371 g/mol. The van der Waals surface area contributed by atoms with Crippen molar-refractivity contribution in [2.45, 2.75) is 37.3 Å². The Hall–Kier alpha value is -1.71. The number of nitro benzene ring substituents is 1. The third-order valence-corrected chi connectivity index (χ3v) is 5.60. The van der Waals surface area contributed by atoms with Crippen LogP contribution in [0.15, 0.2) is 23.1 Å². The Bertz CT molecular complexity index is 735. The van der Waals surface area contributed by atoms with Gasteiger partial charge in [-0.05, 0) is 25.5 Å². The molecule has 0 bridgehead atoms. The number of piperazine rings is 1. The highest BCUT2D eigenvalue weighted by atomic mass is 32.2. The zero-order chi connectivity index (χ0) is 18.8. The molecule has 2 atom stereocenters. The summed E-state index contributed by atoms with van der Waals surface area (Å²) in [6.07, 6.45) is 1.38. The molecular weight excluding hydrogens is 346 g/mol. The normalized spacial score (nSPS) is 20.5. The second-order valence-electron chi connectivity index (χ2n) is 6.51. The Balaban J connectivity index is 2.38. The third kappa shape index (κ3) is 4.47. The number of β-amino-alcohol motifs (C(OH)–C–C–N with tert-alkyl or cyclic N) is 1. The van der Waals surface area contributed by atoms with Crippen LogP contribution >= 0.6 is 0 Å². The van der Waals surface area contributed by atoms with Crippen LogP contribution in [0.4, 0.5) is 11.4 Å². The van der Waals surface area contributed by atoms with Gasteiger partial charge >= 0.3 is 5.69 Å². The summed E-state index contributed by atoms with van der Waals surface area (Å²) in [6.45, 7) is 6.07. The van der Waals surface area contributed by atoms with E-state index in [1.807, 2.05) is 11.8 Å². The van der Waals surface area contributed by atoms with E-state index in [1.54, 1.807) is 19.1 Å². The molecule has 25 heavy (non-hydrogen) atoms. The molecule has 2 rings (SSSR count). The first-order valence-electron chi connectivity index (χ1n) is 8.29. The molecule has 1 fully saturated rings. The molecule has 0 aliphatic carbocycles. The lowest BCUT2D eigenvalue weighted by Gasteiger charge is -2.42. The fourth-order valence-corrected chi connectivity index (χ4v) is 4.18. The highest BCUT2D eigenvalue weighted by Crippen LogP contribution is 2.35. The second-order valence-corrected chi connectivity index (χ2v) is 8.49. The highest BCUT2D eigenvalue weighted by molar-refractivity contribution is 7.90. The number of benzene rings is 1. The van der Waals surface area contributed by atoms with E-state index >= 15 is 0 Å². The van der Waals surface area contributed by atoms with E-state index < -0.39 is 20.9 Å². The number of hydrogen-bond donors (Lipinski definition) is 1. The van der Waals surface area contributed by atoms with Crippen LogP contribution in [0.3, 0.4) is 0 Å². The third-order valence-electron chi connectivity index (χ3n) is 4.48. The van der Waals surface area contributed by atoms with E-state index in [-0.39, 0.29) is 16.6 Å². The molecule has 9 heteroatoms. The van der Waals surface area contributed by atoms with Crippen LogP contribution in [0.2, 0.25) is 0 Å². The number of hydrogen-bond acceptors (Lipinski definition) is 7. The molecule has 1 aliphatic heterocycles. The molecule has 1 saturated heterocycles. The van der Waals surface area contributed by atoms with Gasteiger partial charge in [0.05, 0.1) is 11.0 Å². The molecule has 1 aliphatic rings. The molecule has 0 amide bonds. The molecule has 1 aromatic carbocycles. The summed E-state index contributed by atoms with van der Waals surface area (Å²) in [5.41, 5.74) is -0.0214. The quantitative estimate of drug-likeness (QED) is 0.593. The van der Waals surface area contributed by atoms with Crippen LogP contribution < -0.4 is 4.90 Å². The van der Waals surface area contributed by atoms with Crippen molar-refractivity contribution in [3.05, 3.63) is 28.3 Å². The maximum absolute atomic E-state index is 11.9. The summed E-state index contributed by atoms with van der Waals surface area (Å²) in [4.78, 5) is 14.7. The number of sulfone groups is 1. The molecule has 0 radical (unpaired) electrons. The number of aliphatic hydroxyl groups is 1. The average molecular weight is 371 g/mol. The fourth-order valence-electron chi connectivity index (χ4n) is 3.33. The van der Waals surface area contributed by atoms with Crippen molar-refractivity contribution in [1.82, 2.24) is 4.90 Å². The predicted octanol–water partition coefficient (Wildman–Crippen LogP) is 1.28. The van der Waals surface area contributed by atoms with E-state index in [0.717, 1.165) is 12.7 Å². The van der Waals surface area contributed by atoms with Crippen LogP contribution in [-0.4, -0.2) is 67.9 Å². The zero-order valence-electron chi connectivity index (χ0n) is 14.8. The molecule has 0 spiro atoms. The minimum Gasteiger partial charge on any atom is -0.392 e. The molecule has 1 N–H and O–H groups in total. The van der Waals surface area contributed by atoms with E-state index in [9.17, 15) is 23.6 Å². The summed E-state index contributed by atoms with van der Waals surface area (Å²) in [5, 5.41) is 21.2.